The molecule has 7 heteroatoms. The summed E-state index contributed by atoms with van der Waals surface area (Å²) in [6.45, 7) is 0.495. The summed E-state index contributed by atoms with van der Waals surface area (Å²) in [4.78, 5) is 38.3. The van der Waals surface area contributed by atoms with Crippen LogP contribution in [-0.4, -0.2) is 43.4 Å². The summed E-state index contributed by atoms with van der Waals surface area (Å²) in [5, 5.41) is 2.82. The van der Waals surface area contributed by atoms with Gasteiger partial charge in [0.25, 0.3) is 0 Å². The minimum Gasteiger partial charge on any atom is -0.493 e. The van der Waals surface area contributed by atoms with Crippen molar-refractivity contribution in [2.45, 2.75) is 38.6 Å². The van der Waals surface area contributed by atoms with Crippen molar-refractivity contribution in [2.75, 3.05) is 20.8 Å². The molecule has 1 aliphatic heterocycles. The van der Waals surface area contributed by atoms with Gasteiger partial charge in [-0.05, 0) is 30.5 Å². The monoisotopic (exact) mass is 374 g/mol. The van der Waals surface area contributed by atoms with Crippen LogP contribution in [0.1, 0.15) is 37.7 Å². The lowest BCUT2D eigenvalue weighted by Crippen LogP contribution is -2.35. The number of imide groups is 1. The highest BCUT2D eigenvalue weighted by atomic mass is 16.5. The fourth-order valence-electron chi connectivity index (χ4n) is 3.94. The van der Waals surface area contributed by atoms with Crippen molar-refractivity contribution >= 4 is 17.7 Å². The fraction of sp³-hybridized carbons (Fsp3) is 0.550. The number of hydrogen-bond acceptors (Lipinski definition) is 5. The molecule has 146 valence electrons. The summed E-state index contributed by atoms with van der Waals surface area (Å²) in [5.41, 5.74) is 0.875. The van der Waals surface area contributed by atoms with Crippen molar-refractivity contribution < 1.29 is 23.9 Å². The number of fused-ring (bicyclic) bond motifs is 1. The van der Waals surface area contributed by atoms with Crippen molar-refractivity contribution in [1.82, 2.24) is 10.2 Å². The molecule has 1 saturated heterocycles. The number of rotatable bonds is 7. The first-order valence-electron chi connectivity index (χ1n) is 9.38. The molecule has 0 unspecified atom stereocenters. The van der Waals surface area contributed by atoms with E-state index in [0.29, 0.717) is 18.0 Å². The predicted molar refractivity (Wildman–Crippen MR) is 98.2 cm³/mol. The maximum absolute atomic E-state index is 12.4. The Kier molecular flexibility index (Phi) is 5.98. The van der Waals surface area contributed by atoms with Crippen molar-refractivity contribution in [3.05, 3.63) is 23.8 Å². The van der Waals surface area contributed by atoms with Crippen LogP contribution in [0, 0.1) is 11.8 Å². The SMILES string of the molecule is COc1ccc(CNC(=O)CCN2C(=O)[C@@H]3CCCC[C@H]3C2=O)cc1OC. The van der Waals surface area contributed by atoms with E-state index in [4.69, 9.17) is 9.47 Å². The number of hydrogen-bond donors (Lipinski definition) is 1. The van der Waals surface area contributed by atoms with Gasteiger partial charge in [0.2, 0.25) is 17.7 Å². The standard InChI is InChI=1S/C20H26N2O5/c1-26-16-8-7-13(11-17(16)27-2)12-21-18(23)9-10-22-19(24)14-5-3-4-6-15(14)20(22)25/h7-8,11,14-15H,3-6,9-10,12H2,1-2H3,(H,21,23)/t14-,15-/m1/s1. The lowest BCUT2D eigenvalue weighted by Gasteiger charge is -2.19. The van der Waals surface area contributed by atoms with Gasteiger partial charge in [-0.2, -0.15) is 0 Å². The molecule has 2 fully saturated rings. The average Bonchev–Trinajstić information content (AvgIpc) is 2.95. The predicted octanol–water partition coefficient (Wildman–Crippen LogP) is 1.89. The van der Waals surface area contributed by atoms with Crippen LogP contribution in [0.4, 0.5) is 0 Å². The zero-order valence-corrected chi connectivity index (χ0v) is 15.8. The second-order valence-electron chi connectivity index (χ2n) is 7.04. The number of carbonyl (C=O) groups is 3. The fourth-order valence-corrected chi connectivity index (χ4v) is 3.94. The molecule has 1 N–H and O–H groups in total. The number of carbonyl (C=O) groups excluding carboxylic acids is 3. The molecule has 1 aromatic rings. The van der Waals surface area contributed by atoms with Gasteiger partial charge in [-0.1, -0.05) is 18.9 Å². The maximum Gasteiger partial charge on any atom is 0.233 e. The molecule has 3 rings (SSSR count). The number of methoxy groups -OCH3 is 2. The molecule has 27 heavy (non-hydrogen) atoms. The van der Waals surface area contributed by atoms with E-state index in [9.17, 15) is 14.4 Å². The second-order valence-corrected chi connectivity index (χ2v) is 7.04. The van der Waals surface area contributed by atoms with Gasteiger partial charge in [-0.15, -0.1) is 0 Å². The van der Waals surface area contributed by atoms with Gasteiger partial charge in [0, 0.05) is 19.5 Å². The van der Waals surface area contributed by atoms with E-state index in [1.807, 2.05) is 6.07 Å². The number of amides is 3. The Balaban J connectivity index is 1.50. The molecule has 0 radical (unpaired) electrons. The van der Waals surface area contributed by atoms with E-state index in [2.05, 4.69) is 5.32 Å². The third kappa shape index (κ3) is 4.07. The third-order valence-corrected chi connectivity index (χ3v) is 5.43. The molecule has 1 aliphatic carbocycles. The lowest BCUT2D eigenvalue weighted by atomic mass is 9.81. The summed E-state index contributed by atoms with van der Waals surface area (Å²) in [5.74, 6) is 0.498. The van der Waals surface area contributed by atoms with Gasteiger partial charge in [0.15, 0.2) is 11.5 Å². The van der Waals surface area contributed by atoms with Gasteiger partial charge >= 0.3 is 0 Å². The van der Waals surface area contributed by atoms with E-state index >= 15 is 0 Å². The number of benzene rings is 1. The molecule has 2 atom stereocenters. The van der Waals surface area contributed by atoms with E-state index in [1.54, 1.807) is 26.4 Å². The molecule has 2 aliphatic rings. The Morgan fingerprint density at radius 2 is 1.70 bits per heavy atom. The van der Waals surface area contributed by atoms with Crippen molar-refractivity contribution in [3.63, 3.8) is 0 Å². The van der Waals surface area contributed by atoms with Crippen LogP contribution >= 0.6 is 0 Å². The number of ether oxygens (including phenoxy) is 2. The van der Waals surface area contributed by atoms with Crippen molar-refractivity contribution in [3.8, 4) is 11.5 Å². The average molecular weight is 374 g/mol. The Morgan fingerprint density at radius 3 is 2.30 bits per heavy atom. The van der Waals surface area contributed by atoms with Crippen molar-refractivity contribution in [2.24, 2.45) is 11.8 Å². The van der Waals surface area contributed by atoms with E-state index < -0.39 is 0 Å². The quantitative estimate of drug-likeness (QED) is 0.737. The topological polar surface area (TPSA) is 84.9 Å². The van der Waals surface area contributed by atoms with Gasteiger partial charge in [0.1, 0.15) is 0 Å². The first kappa shape index (κ1) is 19.2. The van der Waals surface area contributed by atoms with Gasteiger partial charge < -0.3 is 14.8 Å². The van der Waals surface area contributed by atoms with E-state index in [1.165, 1.54) is 4.90 Å². The van der Waals surface area contributed by atoms with Gasteiger partial charge in [-0.3, -0.25) is 19.3 Å². The van der Waals surface area contributed by atoms with Crippen LogP contribution in [0.2, 0.25) is 0 Å². The molecule has 1 aromatic carbocycles. The van der Waals surface area contributed by atoms with Crippen molar-refractivity contribution in [1.29, 1.82) is 0 Å². The molecular weight excluding hydrogens is 348 g/mol. The molecule has 1 heterocycles. The van der Waals surface area contributed by atoms with E-state index in [0.717, 1.165) is 31.2 Å². The zero-order valence-electron chi connectivity index (χ0n) is 15.8. The highest BCUT2D eigenvalue weighted by Crippen LogP contribution is 2.38. The summed E-state index contributed by atoms with van der Waals surface area (Å²) in [7, 11) is 3.12. The maximum atomic E-state index is 12.4. The van der Waals surface area contributed by atoms with Crippen LogP contribution in [0.5, 0.6) is 11.5 Å². The number of nitrogens with zero attached hydrogens (tertiary/aromatic N) is 1. The van der Waals surface area contributed by atoms with E-state index in [-0.39, 0.29) is 42.5 Å². The second kappa shape index (κ2) is 8.41. The minimum absolute atomic E-state index is 0.0996. The Morgan fingerprint density at radius 1 is 1.07 bits per heavy atom. The minimum atomic E-state index is -0.194. The Bertz CT molecular complexity index is 709. The molecule has 0 aromatic heterocycles. The van der Waals surface area contributed by atoms with Crippen LogP contribution in [0.25, 0.3) is 0 Å². The zero-order chi connectivity index (χ0) is 19.4. The van der Waals surface area contributed by atoms with Crippen LogP contribution in [-0.2, 0) is 20.9 Å². The van der Waals surface area contributed by atoms with Crippen LogP contribution in [0.3, 0.4) is 0 Å². The number of likely N-dealkylation sites (tertiary alicyclic amines) is 1. The molecule has 0 bridgehead atoms. The summed E-state index contributed by atoms with van der Waals surface area (Å²) in [6, 6.07) is 5.43. The smallest absolute Gasteiger partial charge is 0.233 e. The third-order valence-electron chi connectivity index (χ3n) is 5.43. The summed E-state index contributed by atoms with van der Waals surface area (Å²) >= 11 is 0. The Hall–Kier alpha value is -2.57. The first-order valence-corrected chi connectivity index (χ1v) is 9.38. The lowest BCUT2D eigenvalue weighted by molar-refractivity contribution is -0.140. The summed E-state index contributed by atoms with van der Waals surface area (Å²) in [6.07, 6.45) is 3.69. The number of nitrogens with one attached hydrogen (secondary N) is 1. The normalized spacial score (nSPS) is 21.8. The first-order chi connectivity index (χ1) is 13.0. The molecule has 7 nitrogen and oxygen atoms in total. The molecule has 0 spiro atoms. The molecule has 1 saturated carbocycles. The highest BCUT2D eigenvalue weighted by Gasteiger charge is 2.47. The molecule has 3 amide bonds. The highest BCUT2D eigenvalue weighted by molar-refractivity contribution is 6.05. The summed E-state index contributed by atoms with van der Waals surface area (Å²) < 4.78 is 10.4. The van der Waals surface area contributed by atoms with Gasteiger partial charge in [0.05, 0.1) is 26.1 Å². The van der Waals surface area contributed by atoms with Crippen LogP contribution < -0.4 is 14.8 Å². The Labute approximate surface area is 159 Å². The largest absolute Gasteiger partial charge is 0.493 e. The van der Waals surface area contributed by atoms with Gasteiger partial charge in [-0.25, -0.2) is 0 Å². The molecular formula is C20H26N2O5. The van der Waals surface area contributed by atoms with Crippen LogP contribution in [0.15, 0.2) is 18.2 Å².